The van der Waals surface area contributed by atoms with Crippen molar-refractivity contribution in [1.82, 2.24) is 20.2 Å². The molecule has 1 aromatic carbocycles. The highest BCUT2D eigenvalue weighted by Crippen LogP contribution is 2.44. The lowest BCUT2D eigenvalue weighted by Crippen LogP contribution is -2.61. The number of ketones is 1. The van der Waals surface area contributed by atoms with Gasteiger partial charge in [0.1, 0.15) is 24.3 Å². The molecule has 0 unspecified atom stereocenters. The maximum absolute atomic E-state index is 12.7. The van der Waals surface area contributed by atoms with E-state index in [4.69, 9.17) is 32.0 Å². The molecule has 0 aliphatic carbocycles. The molecule has 11 heteroatoms. The van der Waals surface area contributed by atoms with E-state index in [9.17, 15) is 14.7 Å². The summed E-state index contributed by atoms with van der Waals surface area (Å²) in [7, 11) is 1.76. The zero-order chi connectivity index (χ0) is 29.2. The van der Waals surface area contributed by atoms with Crippen LogP contribution in [0.5, 0.6) is 5.75 Å². The standard InChI is InChI=1S/C29H39ClN6O4/c1-17-26(25(18(2)31)19(3)37)33-27(23-12-22(6-7-24(23)30)40-14-21(39)13-32-5)34-28(17)36-15-29(16-36)8-10-35(11-9-29)20(4)38/h6-7,12,21,32,39H,8-11,13-16,31H2,1-5H3/t21-/m1/s1. The van der Waals surface area contributed by atoms with E-state index in [0.29, 0.717) is 45.7 Å². The number of halogens is 1. The predicted octanol–water partition coefficient (Wildman–Crippen LogP) is 2.79. The van der Waals surface area contributed by atoms with Crippen molar-refractivity contribution in [2.24, 2.45) is 11.1 Å². The Morgan fingerprint density at radius 1 is 1.20 bits per heavy atom. The number of nitrogens with one attached hydrogen (secondary N) is 1. The maximum Gasteiger partial charge on any atom is 0.219 e. The molecule has 4 N–H and O–H groups in total. The van der Waals surface area contributed by atoms with Crippen molar-refractivity contribution in [3.8, 4) is 17.1 Å². The minimum atomic E-state index is -0.671. The van der Waals surface area contributed by atoms with Crippen LogP contribution in [0.1, 0.15) is 44.9 Å². The second-order valence-electron chi connectivity index (χ2n) is 11.0. The number of nitrogens with two attached hydrogens (primary N) is 1. The summed E-state index contributed by atoms with van der Waals surface area (Å²) in [6, 6.07) is 5.18. The Hall–Kier alpha value is -3.21. The summed E-state index contributed by atoms with van der Waals surface area (Å²) in [5.74, 6) is 1.53. The smallest absolute Gasteiger partial charge is 0.219 e. The highest BCUT2D eigenvalue weighted by Gasteiger charge is 2.46. The summed E-state index contributed by atoms with van der Waals surface area (Å²) >= 11 is 6.63. The molecule has 0 saturated carbocycles. The summed E-state index contributed by atoms with van der Waals surface area (Å²) in [5.41, 5.74) is 8.84. The largest absolute Gasteiger partial charge is 0.491 e. The summed E-state index contributed by atoms with van der Waals surface area (Å²) in [6.07, 6.45) is 1.21. The number of ether oxygens (including phenoxy) is 1. The number of hydrogen-bond donors (Lipinski definition) is 3. The van der Waals surface area contributed by atoms with E-state index in [0.717, 1.165) is 50.4 Å². The average Bonchev–Trinajstić information content (AvgIpc) is 2.88. The third-order valence-electron chi connectivity index (χ3n) is 7.79. The first kappa shape index (κ1) is 29.8. The van der Waals surface area contributed by atoms with Gasteiger partial charge in [0, 0.05) is 61.9 Å². The fourth-order valence-corrected chi connectivity index (χ4v) is 5.79. The Bertz CT molecular complexity index is 1310. The molecule has 1 aromatic heterocycles. The van der Waals surface area contributed by atoms with E-state index in [2.05, 4.69) is 10.2 Å². The number of carbonyl (C=O) groups is 2. The van der Waals surface area contributed by atoms with Crippen LogP contribution in [0, 0.1) is 12.3 Å². The molecule has 2 aliphatic rings. The molecule has 1 spiro atoms. The van der Waals surface area contributed by atoms with Gasteiger partial charge in [-0.3, -0.25) is 9.59 Å². The first-order chi connectivity index (χ1) is 18.9. The van der Waals surface area contributed by atoms with Gasteiger partial charge in [-0.05, 0) is 58.9 Å². The number of hydrogen-bond acceptors (Lipinski definition) is 9. The first-order valence-corrected chi connectivity index (χ1v) is 13.9. The van der Waals surface area contributed by atoms with Crippen molar-refractivity contribution < 1.29 is 19.4 Å². The highest BCUT2D eigenvalue weighted by atomic mass is 35.5. The number of likely N-dealkylation sites (tertiary alicyclic amines) is 1. The molecule has 2 saturated heterocycles. The molecule has 2 aromatic rings. The van der Waals surface area contributed by atoms with E-state index < -0.39 is 6.10 Å². The Labute approximate surface area is 240 Å². The van der Waals surface area contributed by atoms with Gasteiger partial charge in [-0.1, -0.05) is 11.6 Å². The lowest BCUT2D eigenvalue weighted by atomic mass is 9.72. The SMILES string of the molecule is CNC[C@@H](O)COc1ccc(Cl)c(-c2nc(C(C(C)=O)=C(C)N)c(C)c(N3CC4(CCN(C(C)=O)CC4)C3)n2)c1. The number of aliphatic hydroxyl groups excluding tert-OH is 1. The first-order valence-electron chi connectivity index (χ1n) is 13.6. The lowest BCUT2D eigenvalue weighted by Gasteiger charge is -2.54. The van der Waals surface area contributed by atoms with E-state index in [1.165, 1.54) is 6.92 Å². The summed E-state index contributed by atoms with van der Waals surface area (Å²) in [6.45, 7) is 10.3. The van der Waals surface area contributed by atoms with Gasteiger partial charge in [0.25, 0.3) is 0 Å². The lowest BCUT2D eigenvalue weighted by molar-refractivity contribution is -0.131. The van der Waals surface area contributed by atoms with Gasteiger partial charge in [-0.2, -0.15) is 0 Å². The number of nitrogens with zero attached hydrogens (tertiary/aromatic N) is 4. The van der Waals surface area contributed by atoms with Crippen LogP contribution in [-0.2, 0) is 9.59 Å². The molecule has 2 aliphatic heterocycles. The van der Waals surface area contributed by atoms with Gasteiger partial charge in [-0.25, -0.2) is 9.97 Å². The predicted molar refractivity (Wildman–Crippen MR) is 156 cm³/mol. The van der Waals surface area contributed by atoms with Crippen molar-refractivity contribution in [1.29, 1.82) is 0 Å². The quantitative estimate of drug-likeness (QED) is 0.389. The second kappa shape index (κ2) is 12.1. The molecule has 216 valence electrons. The summed E-state index contributed by atoms with van der Waals surface area (Å²) in [5, 5.41) is 13.4. The van der Waals surface area contributed by atoms with Gasteiger partial charge < -0.3 is 30.7 Å². The number of aliphatic hydroxyl groups is 1. The van der Waals surface area contributed by atoms with Crippen LogP contribution in [0.4, 0.5) is 5.82 Å². The van der Waals surface area contributed by atoms with Crippen molar-refractivity contribution >= 4 is 34.7 Å². The Morgan fingerprint density at radius 2 is 1.88 bits per heavy atom. The zero-order valence-electron chi connectivity index (χ0n) is 23.9. The number of amides is 1. The fraction of sp³-hybridized carbons (Fsp3) is 0.517. The average molecular weight is 571 g/mol. The zero-order valence-corrected chi connectivity index (χ0v) is 24.6. The minimum Gasteiger partial charge on any atom is -0.491 e. The van der Waals surface area contributed by atoms with Crippen LogP contribution < -0.4 is 20.7 Å². The third-order valence-corrected chi connectivity index (χ3v) is 8.12. The van der Waals surface area contributed by atoms with Crippen LogP contribution in [0.2, 0.25) is 5.02 Å². The number of benzene rings is 1. The number of carbonyl (C=O) groups excluding carboxylic acids is 2. The molecular weight excluding hydrogens is 532 g/mol. The number of likely N-dealkylation sites (N-methyl/N-ethyl adjacent to an activating group) is 1. The van der Waals surface area contributed by atoms with Gasteiger partial charge in [0.05, 0.1) is 16.3 Å². The minimum absolute atomic E-state index is 0.105. The van der Waals surface area contributed by atoms with Crippen LogP contribution in [0.15, 0.2) is 23.9 Å². The number of piperidine rings is 1. The normalized spacial score (nSPS) is 17.8. The van der Waals surface area contributed by atoms with Crippen LogP contribution in [0.25, 0.3) is 17.0 Å². The molecule has 0 bridgehead atoms. The molecule has 1 atom stereocenters. The Kier molecular flexibility index (Phi) is 9.02. The molecule has 0 radical (unpaired) electrons. The van der Waals surface area contributed by atoms with E-state index in [-0.39, 0.29) is 23.7 Å². The van der Waals surface area contributed by atoms with Crippen LogP contribution in [0.3, 0.4) is 0 Å². The summed E-state index contributed by atoms with van der Waals surface area (Å²) < 4.78 is 5.80. The van der Waals surface area contributed by atoms with Gasteiger partial charge >= 0.3 is 0 Å². The van der Waals surface area contributed by atoms with Crippen molar-refractivity contribution in [3.63, 3.8) is 0 Å². The number of aromatic nitrogens is 2. The van der Waals surface area contributed by atoms with Gasteiger partial charge in [0.15, 0.2) is 11.6 Å². The number of anilines is 1. The molecule has 2 fully saturated rings. The van der Waals surface area contributed by atoms with E-state index >= 15 is 0 Å². The van der Waals surface area contributed by atoms with Crippen molar-refractivity contribution in [3.05, 3.63) is 40.2 Å². The molecule has 4 rings (SSSR count). The number of allylic oxidation sites excluding steroid dienone is 2. The van der Waals surface area contributed by atoms with Gasteiger partial charge in [0.2, 0.25) is 5.91 Å². The van der Waals surface area contributed by atoms with Crippen LogP contribution >= 0.6 is 11.6 Å². The van der Waals surface area contributed by atoms with Crippen molar-refractivity contribution in [2.45, 2.75) is 46.6 Å². The van der Waals surface area contributed by atoms with E-state index in [1.54, 1.807) is 39.1 Å². The summed E-state index contributed by atoms with van der Waals surface area (Å²) in [4.78, 5) is 38.4. The fourth-order valence-electron chi connectivity index (χ4n) is 5.59. The third kappa shape index (κ3) is 6.24. The maximum atomic E-state index is 12.7. The highest BCUT2D eigenvalue weighted by molar-refractivity contribution is 6.33. The topological polar surface area (TPSA) is 134 Å². The molecular formula is C29H39ClN6O4. The Balaban J connectivity index is 1.71. The molecule has 3 heterocycles. The number of Topliss-reactive ketones (excluding diaryl/α,β-unsaturated/α-hetero) is 1. The molecule has 40 heavy (non-hydrogen) atoms. The molecule has 1 amide bonds. The van der Waals surface area contributed by atoms with Crippen LogP contribution in [-0.4, -0.2) is 84.1 Å². The monoisotopic (exact) mass is 570 g/mol. The van der Waals surface area contributed by atoms with Gasteiger partial charge in [-0.15, -0.1) is 0 Å². The van der Waals surface area contributed by atoms with Crippen molar-refractivity contribution in [2.75, 3.05) is 51.3 Å². The van der Waals surface area contributed by atoms with E-state index in [1.807, 2.05) is 11.8 Å². The second-order valence-corrected chi connectivity index (χ2v) is 11.4. The number of rotatable bonds is 9. The molecule has 10 nitrogen and oxygen atoms in total. The Morgan fingerprint density at radius 3 is 2.45 bits per heavy atom.